The third-order valence-electron chi connectivity index (χ3n) is 4.55. The first-order valence-corrected chi connectivity index (χ1v) is 9.59. The number of aromatic nitrogens is 1. The lowest BCUT2D eigenvalue weighted by Crippen LogP contribution is -2.33. The molecule has 1 heterocycles. The topological polar surface area (TPSA) is 84.0 Å². The zero-order chi connectivity index (χ0) is 21.7. The highest BCUT2D eigenvalue weighted by molar-refractivity contribution is 5.89. The number of ether oxygens (including phenoxy) is 2. The Bertz CT molecular complexity index is 1080. The molecule has 0 fully saturated rings. The van der Waals surface area contributed by atoms with E-state index >= 15 is 0 Å². The molecular formula is C23H25N3O4. The second-order valence-corrected chi connectivity index (χ2v) is 7.14. The van der Waals surface area contributed by atoms with Crippen molar-refractivity contribution >= 4 is 29.0 Å². The normalized spacial score (nSPS) is 11.1. The van der Waals surface area contributed by atoms with Crippen LogP contribution in [0.2, 0.25) is 0 Å². The molecule has 3 rings (SSSR count). The van der Waals surface area contributed by atoms with Crippen LogP contribution in [-0.4, -0.2) is 41.4 Å². The summed E-state index contributed by atoms with van der Waals surface area (Å²) in [6.45, 7) is 6.65. The van der Waals surface area contributed by atoms with Crippen LogP contribution in [0.15, 0.2) is 47.7 Å². The van der Waals surface area contributed by atoms with Gasteiger partial charge in [-0.2, -0.15) is 10.1 Å². The van der Waals surface area contributed by atoms with Crippen LogP contribution >= 0.6 is 0 Å². The minimum atomic E-state index is -0.498. The van der Waals surface area contributed by atoms with E-state index in [1.54, 1.807) is 6.21 Å². The quantitative estimate of drug-likeness (QED) is 0.279. The van der Waals surface area contributed by atoms with E-state index in [0.717, 1.165) is 38.2 Å². The van der Waals surface area contributed by atoms with Crippen LogP contribution in [0.4, 0.5) is 0 Å². The number of carbonyl (C=O) groups is 2. The van der Waals surface area contributed by atoms with Crippen LogP contribution in [0.5, 0.6) is 5.75 Å². The van der Waals surface area contributed by atoms with E-state index in [4.69, 9.17) is 9.47 Å². The highest BCUT2D eigenvalue weighted by Gasteiger charge is 2.16. The van der Waals surface area contributed by atoms with Crippen molar-refractivity contribution in [1.82, 2.24) is 9.99 Å². The van der Waals surface area contributed by atoms with Gasteiger partial charge in [-0.25, -0.2) is 0 Å². The second-order valence-electron chi connectivity index (χ2n) is 7.14. The summed E-state index contributed by atoms with van der Waals surface area (Å²) in [5, 5.41) is 6.38. The van der Waals surface area contributed by atoms with Gasteiger partial charge in [0.05, 0.1) is 6.21 Å². The Kier molecular flexibility index (Phi) is 6.51. The van der Waals surface area contributed by atoms with Crippen molar-refractivity contribution in [3.05, 3.63) is 64.8 Å². The number of nitrogens with zero attached hydrogens (tertiary/aromatic N) is 2. The molecule has 1 amide bonds. The van der Waals surface area contributed by atoms with E-state index < -0.39 is 11.9 Å². The average molecular weight is 407 g/mol. The van der Waals surface area contributed by atoms with Gasteiger partial charge in [0.25, 0.3) is 5.91 Å². The van der Waals surface area contributed by atoms with Crippen LogP contribution in [0.3, 0.4) is 0 Å². The molecule has 0 bridgehead atoms. The maximum atomic E-state index is 12.7. The van der Waals surface area contributed by atoms with Gasteiger partial charge in [-0.1, -0.05) is 29.8 Å². The third-order valence-corrected chi connectivity index (χ3v) is 4.55. The van der Waals surface area contributed by atoms with Gasteiger partial charge in [-0.05, 0) is 55.0 Å². The lowest BCUT2D eigenvalue weighted by atomic mass is 10.1. The molecule has 0 aliphatic rings. The Morgan fingerprint density at radius 2 is 1.83 bits per heavy atom. The Hall–Kier alpha value is -3.61. The van der Waals surface area contributed by atoms with Crippen LogP contribution in [0.25, 0.3) is 10.9 Å². The summed E-state index contributed by atoms with van der Waals surface area (Å²) in [5.41, 5.74) is 4.80. The van der Waals surface area contributed by atoms with Gasteiger partial charge in [0, 0.05) is 18.6 Å². The first-order chi connectivity index (χ1) is 14.3. The van der Waals surface area contributed by atoms with Crippen LogP contribution < -0.4 is 4.74 Å². The number of aryl methyl sites for hydroxylation is 3. The molecule has 0 aliphatic carbocycles. The number of rotatable bonds is 7. The van der Waals surface area contributed by atoms with Gasteiger partial charge in [-0.3, -0.25) is 9.59 Å². The lowest BCUT2D eigenvalue weighted by Gasteiger charge is -2.18. The molecular weight excluding hydrogens is 382 g/mol. The van der Waals surface area contributed by atoms with Crippen molar-refractivity contribution in [1.29, 1.82) is 0 Å². The van der Waals surface area contributed by atoms with Gasteiger partial charge < -0.3 is 14.5 Å². The summed E-state index contributed by atoms with van der Waals surface area (Å²) >= 11 is 0. The van der Waals surface area contributed by atoms with Crippen LogP contribution in [0.1, 0.15) is 29.2 Å². The summed E-state index contributed by atoms with van der Waals surface area (Å²) < 4.78 is 10.7. The molecule has 0 saturated heterocycles. The molecule has 0 saturated carbocycles. The maximum absolute atomic E-state index is 12.7. The molecule has 0 radical (unpaired) electrons. The van der Waals surface area contributed by atoms with Gasteiger partial charge in [0.2, 0.25) is 0 Å². The molecule has 7 heteroatoms. The van der Waals surface area contributed by atoms with Crippen molar-refractivity contribution < 1.29 is 19.1 Å². The molecule has 0 aliphatic heterocycles. The predicted molar refractivity (Wildman–Crippen MR) is 116 cm³/mol. The van der Waals surface area contributed by atoms with Crippen molar-refractivity contribution in [2.75, 3.05) is 13.3 Å². The first kappa shape index (κ1) is 21.1. The maximum Gasteiger partial charge on any atom is 0.304 e. The molecule has 3 aromatic rings. The number of hydrogen-bond donors (Lipinski definition) is 1. The number of hydrazone groups is 1. The lowest BCUT2D eigenvalue weighted by molar-refractivity contribution is -0.151. The number of aromatic amines is 1. The van der Waals surface area contributed by atoms with E-state index in [0.29, 0.717) is 5.75 Å². The van der Waals surface area contributed by atoms with Crippen molar-refractivity contribution in [3.8, 4) is 5.75 Å². The summed E-state index contributed by atoms with van der Waals surface area (Å²) in [7, 11) is 0. The number of amides is 1. The Morgan fingerprint density at radius 3 is 2.53 bits per heavy atom. The number of hydrogen-bond acceptors (Lipinski definition) is 5. The minimum absolute atomic E-state index is 0.223. The Balaban J connectivity index is 1.73. The fraction of sp³-hybridized carbons (Fsp3) is 0.261. The molecule has 1 aromatic heterocycles. The van der Waals surface area contributed by atoms with Gasteiger partial charge in [0.1, 0.15) is 5.75 Å². The molecule has 156 valence electrons. The number of carbonyl (C=O) groups excluding carboxylic acids is 2. The highest BCUT2D eigenvalue weighted by atomic mass is 16.5. The van der Waals surface area contributed by atoms with E-state index in [1.807, 2.05) is 63.4 Å². The molecule has 0 atom stereocenters. The van der Waals surface area contributed by atoms with Gasteiger partial charge in [-0.15, -0.1) is 0 Å². The molecule has 0 spiro atoms. The number of fused-ring (bicyclic) bond motifs is 1. The standard InChI is InChI=1S/C23H25N3O4/c1-15-9-16(2)23(17(3)10-15)29-13-22(28)26(14-30-18(4)27)25-12-19-5-6-20-7-8-24-21(20)11-19/h5-12,24H,13-14H2,1-4H3/b25-12+. The van der Waals surface area contributed by atoms with Gasteiger partial charge >= 0.3 is 5.97 Å². The summed E-state index contributed by atoms with van der Waals surface area (Å²) in [4.78, 5) is 27.0. The number of H-pyrrole nitrogens is 1. The van der Waals surface area contributed by atoms with Crippen molar-refractivity contribution in [2.45, 2.75) is 27.7 Å². The highest BCUT2D eigenvalue weighted by Crippen LogP contribution is 2.24. The third kappa shape index (κ3) is 5.26. The fourth-order valence-corrected chi connectivity index (χ4v) is 3.21. The summed E-state index contributed by atoms with van der Waals surface area (Å²) in [5.74, 6) is -0.252. The van der Waals surface area contributed by atoms with Crippen molar-refractivity contribution in [3.63, 3.8) is 0 Å². The minimum Gasteiger partial charge on any atom is -0.483 e. The monoisotopic (exact) mass is 407 g/mol. The van der Waals surface area contributed by atoms with Gasteiger partial charge in [0.15, 0.2) is 13.3 Å². The zero-order valence-electron chi connectivity index (χ0n) is 17.6. The van der Waals surface area contributed by atoms with Crippen molar-refractivity contribution in [2.24, 2.45) is 5.10 Å². The SMILES string of the molecule is CC(=O)OCN(/N=C/c1ccc2cc[nH]c2c1)C(=O)COc1c(C)cc(C)cc1C. The average Bonchev–Trinajstić information content (AvgIpc) is 3.14. The van der Waals surface area contributed by atoms with Crippen LogP contribution in [-0.2, 0) is 14.3 Å². The number of benzene rings is 2. The molecule has 0 unspecified atom stereocenters. The predicted octanol–water partition coefficient (Wildman–Crippen LogP) is 3.86. The summed E-state index contributed by atoms with van der Waals surface area (Å²) in [6, 6.07) is 11.7. The zero-order valence-corrected chi connectivity index (χ0v) is 17.6. The van der Waals surface area contributed by atoms with E-state index in [2.05, 4.69) is 10.1 Å². The Labute approximate surface area is 175 Å². The summed E-state index contributed by atoms with van der Waals surface area (Å²) in [6.07, 6.45) is 3.40. The molecule has 7 nitrogen and oxygen atoms in total. The largest absolute Gasteiger partial charge is 0.483 e. The van der Waals surface area contributed by atoms with E-state index in [9.17, 15) is 9.59 Å². The Morgan fingerprint density at radius 1 is 1.10 bits per heavy atom. The number of esters is 1. The van der Waals surface area contributed by atoms with E-state index in [-0.39, 0.29) is 13.3 Å². The van der Waals surface area contributed by atoms with Crippen LogP contribution in [0, 0.1) is 20.8 Å². The number of nitrogens with one attached hydrogen (secondary N) is 1. The fourth-order valence-electron chi connectivity index (χ4n) is 3.21. The first-order valence-electron chi connectivity index (χ1n) is 9.59. The molecule has 30 heavy (non-hydrogen) atoms. The second kappa shape index (κ2) is 9.26. The molecule has 2 aromatic carbocycles. The molecule has 1 N–H and O–H groups in total. The smallest absolute Gasteiger partial charge is 0.304 e. The van der Waals surface area contributed by atoms with E-state index in [1.165, 1.54) is 6.92 Å².